The van der Waals surface area contributed by atoms with Crippen molar-refractivity contribution in [2.75, 3.05) is 0 Å². The fourth-order valence-corrected chi connectivity index (χ4v) is 4.68. The first kappa shape index (κ1) is 15.1. The fourth-order valence-electron chi connectivity index (χ4n) is 4.68. The van der Waals surface area contributed by atoms with Crippen LogP contribution >= 0.6 is 0 Å². The number of nitrogens with zero attached hydrogens (tertiary/aromatic N) is 4. The molecule has 1 aliphatic carbocycles. The van der Waals surface area contributed by atoms with E-state index in [-0.39, 0.29) is 18.0 Å². The van der Waals surface area contributed by atoms with Crippen LogP contribution in [0, 0.1) is 0 Å². The summed E-state index contributed by atoms with van der Waals surface area (Å²) in [6.07, 6.45) is 6.88. The molecule has 3 fully saturated rings. The summed E-state index contributed by atoms with van der Waals surface area (Å²) in [6, 6.07) is 3.75. The molecule has 2 saturated heterocycles. The van der Waals surface area contributed by atoms with Crippen LogP contribution in [0.4, 0.5) is 0 Å². The topological polar surface area (TPSA) is 84.4 Å². The van der Waals surface area contributed by atoms with Crippen molar-refractivity contribution in [1.82, 2.24) is 19.8 Å². The first-order chi connectivity index (χ1) is 12.0. The Bertz CT molecular complexity index is 808. The average molecular weight is 342 g/mol. The van der Waals surface area contributed by atoms with Gasteiger partial charge in [0.2, 0.25) is 0 Å². The Hall–Kier alpha value is -2.15. The lowest BCUT2D eigenvalue weighted by Gasteiger charge is -2.43. The molecule has 5 rings (SSSR count). The Morgan fingerprint density at radius 1 is 1.28 bits per heavy atom. The van der Waals surface area contributed by atoms with Gasteiger partial charge < -0.3 is 14.5 Å². The number of rotatable bonds is 3. The van der Waals surface area contributed by atoms with E-state index in [1.54, 1.807) is 16.9 Å². The van der Waals surface area contributed by atoms with E-state index in [4.69, 9.17) is 4.52 Å². The van der Waals surface area contributed by atoms with Gasteiger partial charge in [0, 0.05) is 50.2 Å². The minimum Gasteiger partial charge on any atom is -0.383 e. The van der Waals surface area contributed by atoms with E-state index in [9.17, 15) is 9.90 Å². The smallest absolute Gasteiger partial charge is 0.276 e. The van der Waals surface area contributed by atoms with Crippen LogP contribution in [0.15, 0.2) is 22.9 Å². The van der Waals surface area contributed by atoms with Crippen molar-refractivity contribution in [3.63, 3.8) is 0 Å². The molecule has 1 N–H and O–H groups in total. The minimum absolute atomic E-state index is 0.0345. The molecule has 0 spiro atoms. The zero-order valence-electron chi connectivity index (χ0n) is 14.3. The number of piperidine rings is 1. The summed E-state index contributed by atoms with van der Waals surface area (Å²) >= 11 is 0. The second-order valence-electron chi connectivity index (χ2n) is 7.77. The molecular weight excluding hydrogens is 320 g/mol. The van der Waals surface area contributed by atoms with E-state index >= 15 is 0 Å². The normalized spacial score (nSPS) is 31.5. The van der Waals surface area contributed by atoms with E-state index in [1.165, 1.54) is 0 Å². The molecule has 2 aromatic heterocycles. The number of aromatic nitrogens is 3. The summed E-state index contributed by atoms with van der Waals surface area (Å²) in [5, 5.41) is 19.4. The maximum absolute atomic E-state index is 13.0. The van der Waals surface area contributed by atoms with Gasteiger partial charge in [0.25, 0.3) is 5.91 Å². The van der Waals surface area contributed by atoms with Gasteiger partial charge in [0.05, 0.1) is 5.69 Å². The Kier molecular flexibility index (Phi) is 3.13. The molecule has 2 aromatic rings. The van der Waals surface area contributed by atoms with Crippen molar-refractivity contribution >= 4 is 5.91 Å². The number of aliphatic hydroxyl groups is 1. The standard InChI is InChI=1S/C18H22N4O3/c1-21-16(6-7-19-21)18(24)9-12-4-5-13(10-18)22(12)17(23)14-8-15(25-20-14)11-2-3-11/h6-8,11-13,24H,2-5,9-10H2,1H3/t12-,13-/m1/s1. The van der Waals surface area contributed by atoms with Crippen LogP contribution in [0.25, 0.3) is 0 Å². The van der Waals surface area contributed by atoms with Crippen molar-refractivity contribution in [1.29, 1.82) is 0 Å². The van der Waals surface area contributed by atoms with Gasteiger partial charge in [-0.15, -0.1) is 0 Å². The maximum atomic E-state index is 13.0. The summed E-state index contributed by atoms with van der Waals surface area (Å²) in [4.78, 5) is 14.9. The fraction of sp³-hybridized carbons (Fsp3) is 0.611. The van der Waals surface area contributed by atoms with Crippen LogP contribution < -0.4 is 0 Å². The van der Waals surface area contributed by atoms with E-state index in [0.717, 1.165) is 37.1 Å². The molecule has 7 heteroatoms. The number of hydrogen-bond acceptors (Lipinski definition) is 5. The van der Waals surface area contributed by atoms with Crippen molar-refractivity contribution < 1.29 is 14.4 Å². The largest absolute Gasteiger partial charge is 0.383 e. The number of hydrogen-bond donors (Lipinski definition) is 1. The molecule has 3 aliphatic rings. The van der Waals surface area contributed by atoms with Gasteiger partial charge in [-0.05, 0) is 31.7 Å². The second kappa shape index (κ2) is 5.17. The summed E-state index contributed by atoms with van der Waals surface area (Å²) in [7, 11) is 1.85. The number of fused-ring (bicyclic) bond motifs is 2. The zero-order valence-corrected chi connectivity index (χ0v) is 14.3. The molecule has 132 valence electrons. The third-order valence-electron chi connectivity index (χ3n) is 6.03. The van der Waals surface area contributed by atoms with E-state index in [2.05, 4.69) is 10.3 Å². The molecule has 0 aromatic carbocycles. The predicted octanol–water partition coefficient (Wildman–Crippen LogP) is 1.94. The third kappa shape index (κ3) is 2.33. The molecule has 2 bridgehead atoms. The lowest BCUT2D eigenvalue weighted by Crippen LogP contribution is -2.52. The summed E-state index contributed by atoms with van der Waals surface area (Å²) in [6.45, 7) is 0. The number of amides is 1. The molecular formula is C18H22N4O3. The number of carbonyl (C=O) groups is 1. The van der Waals surface area contributed by atoms with E-state index < -0.39 is 5.60 Å². The van der Waals surface area contributed by atoms with Crippen LogP contribution in [0.2, 0.25) is 0 Å². The average Bonchev–Trinajstić information content (AvgIpc) is 3.01. The van der Waals surface area contributed by atoms with Crippen molar-refractivity contribution in [3.05, 3.63) is 35.5 Å². The van der Waals surface area contributed by atoms with Gasteiger partial charge >= 0.3 is 0 Å². The van der Waals surface area contributed by atoms with E-state index in [1.807, 2.05) is 18.0 Å². The predicted molar refractivity (Wildman–Crippen MR) is 87.8 cm³/mol. The van der Waals surface area contributed by atoms with Crippen molar-refractivity contribution in [2.45, 2.75) is 62.1 Å². The van der Waals surface area contributed by atoms with Gasteiger partial charge in [-0.2, -0.15) is 5.10 Å². The highest BCUT2D eigenvalue weighted by atomic mass is 16.5. The van der Waals surface area contributed by atoms with Crippen LogP contribution in [0.5, 0.6) is 0 Å². The van der Waals surface area contributed by atoms with Crippen molar-refractivity contribution in [2.24, 2.45) is 7.05 Å². The van der Waals surface area contributed by atoms with Gasteiger partial charge in [0.1, 0.15) is 11.4 Å². The van der Waals surface area contributed by atoms with Gasteiger partial charge in [-0.3, -0.25) is 9.48 Å². The molecule has 0 radical (unpaired) electrons. The van der Waals surface area contributed by atoms with Crippen LogP contribution in [0.1, 0.15) is 66.4 Å². The number of aryl methyl sites for hydroxylation is 1. The SMILES string of the molecule is Cn1nccc1C1(O)C[C@H]2CC[C@H](C1)N2C(=O)c1cc(C2CC2)on1. The Morgan fingerprint density at radius 2 is 2.00 bits per heavy atom. The van der Waals surface area contributed by atoms with Crippen LogP contribution in [-0.2, 0) is 12.6 Å². The Balaban J connectivity index is 1.40. The highest BCUT2D eigenvalue weighted by Gasteiger charge is 2.51. The Morgan fingerprint density at radius 3 is 2.60 bits per heavy atom. The van der Waals surface area contributed by atoms with Crippen LogP contribution in [-0.4, -0.2) is 42.9 Å². The van der Waals surface area contributed by atoms with E-state index in [0.29, 0.717) is 24.5 Å². The van der Waals surface area contributed by atoms with Crippen molar-refractivity contribution in [3.8, 4) is 0 Å². The molecule has 7 nitrogen and oxygen atoms in total. The summed E-state index contributed by atoms with van der Waals surface area (Å²) < 4.78 is 7.08. The quantitative estimate of drug-likeness (QED) is 0.921. The molecule has 1 amide bonds. The molecule has 1 saturated carbocycles. The molecule has 2 atom stereocenters. The zero-order chi connectivity index (χ0) is 17.2. The second-order valence-corrected chi connectivity index (χ2v) is 7.77. The van der Waals surface area contributed by atoms with Gasteiger partial charge in [-0.1, -0.05) is 5.16 Å². The monoisotopic (exact) mass is 342 g/mol. The highest BCUT2D eigenvalue weighted by Crippen LogP contribution is 2.46. The third-order valence-corrected chi connectivity index (χ3v) is 6.03. The van der Waals surface area contributed by atoms with Gasteiger partial charge in [-0.25, -0.2) is 0 Å². The lowest BCUT2D eigenvalue weighted by molar-refractivity contribution is -0.0532. The maximum Gasteiger partial charge on any atom is 0.276 e. The lowest BCUT2D eigenvalue weighted by atomic mass is 9.83. The molecule has 2 aliphatic heterocycles. The molecule has 25 heavy (non-hydrogen) atoms. The Labute approximate surface area is 145 Å². The van der Waals surface area contributed by atoms with Crippen LogP contribution in [0.3, 0.4) is 0 Å². The summed E-state index contributed by atoms with van der Waals surface area (Å²) in [5.74, 6) is 1.22. The van der Waals surface area contributed by atoms with Gasteiger partial charge in [0.15, 0.2) is 5.69 Å². The molecule has 0 unspecified atom stereocenters. The summed E-state index contributed by atoms with van der Waals surface area (Å²) in [5.41, 5.74) is 0.315. The first-order valence-electron chi connectivity index (χ1n) is 9.05. The molecule has 4 heterocycles. The first-order valence-corrected chi connectivity index (χ1v) is 9.05. The minimum atomic E-state index is -0.920. The highest BCUT2D eigenvalue weighted by molar-refractivity contribution is 5.93. The number of carbonyl (C=O) groups excluding carboxylic acids is 1.